The molecule has 0 aliphatic rings. The van der Waals surface area contributed by atoms with E-state index in [-0.39, 0.29) is 11.5 Å². The van der Waals surface area contributed by atoms with E-state index in [9.17, 15) is 5.11 Å². The Morgan fingerprint density at radius 1 is 1.17 bits per heavy atom. The molecule has 3 N–H and O–H groups in total. The van der Waals surface area contributed by atoms with Crippen molar-refractivity contribution in [1.29, 1.82) is 0 Å². The van der Waals surface area contributed by atoms with Crippen molar-refractivity contribution in [2.24, 2.45) is 11.1 Å². The minimum absolute atomic E-state index is 0.0270. The summed E-state index contributed by atoms with van der Waals surface area (Å²) in [7, 11) is 0. The highest BCUT2D eigenvalue weighted by atomic mass is 16.3. The summed E-state index contributed by atoms with van der Waals surface area (Å²) in [6, 6.07) is -0.153. The maximum Gasteiger partial charge on any atom is 0.0797 e. The Morgan fingerprint density at radius 3 is 1.58 bits per heavy atom. The Hall–Kier alpha value is -0.0800. The first kappa shape index (κ1) is 11.9. The van der Waals surface area contributed by atoms with Gasteiger partial charge in [-0.15, -0.1) is 0 Å². The summed E-state index contributed by atoms with van der Waals surface area (Å²) in [4.78, 5) is 0. The molecule has 0 aliphatic carbocycles. The fourth-order valence-electron chi connectivity index (χ4n) is 1.50. The molecule has 1 atom stereocenters. The molecule has 0 amide bonds. The molecule has 74 valence electrons. The van der Waals surface area contributed by atoms with E-state index in [1.807, 2.05) is 13.8 Å². The highest BCUT2D eigenvalue weighted by molar-refractivity contribution is 4.94. The van der Waals surface area contributed by atoms with Crippen molar-refractivity contribution in [3.05, 3.63) is 0 Å². The van der Waals surface area contributed by atoms with Crippen LogP contribution in [0.5, 0.6) is 0 Å². The van der Waals surface area contributed by atoms with Crippen molar-refractivity contribution in [3.8, 4) is 0 Å². The van der Waals surface area contributed by atoms with Crippen LogP contribution in [0.3, 0.4) is 0 Å². The maximum absolute atomic E-state index is 10.1. The van der Waals surface area contributed by atoms with Gasteiger partial charge in [-0.05, 0) is 18.3 Å². The largest absolute Gasteiger partial charge is 0.388 e. The van der Waals surface area contributed by atoms with Gasteiger partial charge < -0.3 is 10.8 Å². The molecule has 0 bridgehead atoms. The number of hydrogen-bond donors (Lipinski definition) is 2. The van der Waals surface area contributed by atoms with Crippen LogP contribution in [-0.4, -0.2) is 16.7 Å². The number of hydrogen-bond acceptors (Lipinski definition) is 2. The lowest BCUT2D eigenvalue weighted by molar-refractivity contribution is -0.0270. The molecule has 2 nitrogen and oxygen atoms in total. The highest BCUT2D eigenvalue weighted by Gasteiger charge is 2.37. The molecule has 0 unspecified atom stereocenters. The zero-order valence-corrected chi connectivity index (χ0v) is 9.02. The van der Waals surface area contributed by atoms with Crippen molar-refractivity contribution in [2.75, 3.05) is 0 Å². The zero-order valence-electron chi connectivity index (χ0n) is 9.02. The van der Waals surface area contributed by atoms with Gasteiger partial charge in [0.2, 0.25) is 0 Å². The van der Waals surface area contributed by atoms with Crippen LogP contribution in [0.1, 0.15) is 47.5 Å². The number of aliphatic hydroxyl groups is 1. The first-order valence-corrected chi connectivity index (χ1v) is 4.76. The van der Waals surface area contributed by atoms with Crippen LogP contribution < -0.4 is 5.73 Å². The molecule has 2 heteroatoms. The van der Waals surface area contributed by atoms with E-state index in [1.54, 1.807) is 0 Å². The summed E-state index contributed by atoms with van der Waals surface area (Å²) in [5, 5.41) is 10.1. The lowest BCUT2D eigenvalue weighted by Gasteiger charge is -2.40. The quantitative estimate of drug-likeness (QED) is 0.685. The molecule has 0 rings (SSSR count). The summed E-state index contributed by atoms with van der Waals surface area (Å²) in [5.74, 6) is 0. The summed E-state index contributed by atoms with van der Waals surface area (Å²) in [6.07, 6.45) is 1.45. The molecule has 0 saturated carbocycles. The average Bonchev–Trinajstić information content (AvgIpc) is 2.00. The fourth-order valence-corrected chi connectivity index (χ4v) is 1.50. The average molecular weight is 173 g/mol. The monoisotopic (exact) mass is 173 g/mol. The van der Waals surface area contributed by atoms with Crippen LogP contribution in [0, 0.1) is 5.41 Å². The van der Waals surface area contributed by atoms with E-state index >= 15 is 0 Å². The molecule has 0 radical (unpaired) electrons. The van der Waals surface area contributed by atoms with E-state index in [0.29, 0.717) is 0 Å². The maximum atomic E-state index is 10.1. The Morgan fingerprint density at radius 2 is 1.50 bits per heavy atom. The van der Waals surface area contributed by atoms with Gasteiger partial charge >= 0.3 is 0 Å². The minimum Gasteiger partial charge on any atom is -0.388 e. The summed E-state index contributed by atoms with van der Waals surface area (Å²) in [6.45, 7) is 10.2. The lowest BCUT2D eigenvalue weighted by atomic mass is 9.74. The van der Waals surface area contributed by atoms with E-state index in [2.05, 4.69) is 20.8 Å². The van der Waals surface area contributed by atoms with Crippen LogP contribution in [0.15, 0.2) is 0 Å². The number of nitrogens with two attached hydrogens (primary N) is 1. The van der Waals surface area contributed by atoms with Gasteiger partial charge in [0.15, 0.2) is 0 Å². The lowest BCUT2D eigenvalue weighted by Crippen LogP contribution is -2.54. The molecule has 12 heavy (non-hydrogen) atoms. The normalized spacial score (nSPS) is 16.2. The Bertz CT molecular complexity index is 133. The Kier molecular flexibility index (Phi) is 3.73. The molecule has 0 spiro atoms. The van der Waals surface area contributed by atoms with Gasteiger partial charge in [-0.25, -0.2) is 0 Å². The molecule has 0 aromatic rings. The first-order chi connectivity index (χ1) is 5.28. The Balaban J connectivity index is 4.53. The molecule has 0 heterocycles. The van der Waals surface area contributed by atoms with Gasteiger partial charge in [-0.2, -0.15) is 0 Å². The van der Waals surface area contributed by atoms with E-state index in [1.165, 1.54) is 0 Å². The standard InChI is InChI=1S/C10H23NO/c1-6-10(12,7-2)8(11)9(3,4)5/h8,12H,6-7,11H2,1-5H3/t8-/m1/s1. The topological polar surface area (TPSA) is 46.2 Å². The molecule has 0 aromatic carbocycles. The molecule has 0 fully saturated rings. The van der Waals surface area contributed by atoms with Gasteiger partial charge in [0, 0.05) is 6.04 Å². The third kappa shape index (κ3) is 2.46. The zero-order chi connectivity index (χ0) is 9.99. The summed E-state index contributed by atoms with van der Waals surface area (Å²) in [5.41, 5.74) is 5.28. The smallest absolute Gasteiger partial charge is 0.0797 e. The van der Waals surface area contributed by atoms with Crippen LogP contribution in [0.4, 0.5) is 0 Å². The molecule has 0 aromatic heterocycles. The van der Waals surface area contributed by atoms with Gasteiger partial charge in [0.05, 0.1) is 5.60 Å². The predicted molar refractivity (Wildman–Crippen MR) is 53.0 cm³/mol. The Labute approximate surface area is 76.2 Å². The third-order valence-electron chi connectivity index (χ3n) is 2.74. The van der Waals surface area contributed by atoms with Crippen molar-refractivity contribution in [2.45, 2.75) is 59.1 Å². The second-order valence-corrected chi connectivity index (χ2v) is 4.65. The van der Waals surface area contributed by atoms with Gasteiger partial charge in [-0.1, -0.05) is 34.6 Å². The van der Waals surface area contributed by atoms with Crippen molar-refractivity contribution < 1.29 is 5.11 Å². The van der Waals surface area contributed by atoms with Crippen LogP contribution in [0.25, 0.3) is 0 Å². The van der Waals surface area contributed by atoms with Crippen molar-refractivity contribution in [3.63, 3.8) is 0 Å². The number of rotatable bonds is 3. The van der Waals surface area contributed by atoms with Gasteiger partial charge in [0.25, 0.3) is 0 Å². The molecular formula is C10H23NO. The molecular weight excluding hydrogens is 150 g/mol. The first-order valence-electron chi connectivity index (χ1n) is 4.76. The van der Waals surface area contributed by atoms with E-state index in [4.69, 9.17) is 5.73 Å². The van der Waals surface area contributed by atoms with Crippen molar-refractivity contribution >= 4 is 0 Å². The second kappa shape index (κ2) is 3.75. The second-order valence-electron chi connectivity index (χ2n) is 4.65. The van der Waals surface area contributed by atoms with Crippen LogP contribution in [0.2, 0.25) is 0 Å². The van der Waals surface area contributed by atoms with Gasteiger partial charge in [0.1, 0.15) is 0 Å². The predicted octanol–water partition coefficient (Wildman–Crippen LogP) is 1.91. The van der Waals surface area contributed by atoms with Crippen molar-refractivity contribution in [1.82, 2.24) is 0 Å². The third-order valence-corrected chi connectivity index (χ3v) is 2.74. The van der Waals surface area contributed by atoms with Gasteiger partial charge in [-0.3, -0.25) is 0 Å². The fraction of sp³-hybridized carbons (Fsp3) is 1.00. The minimum atomic E-state index is -0.696. The van der Waals surface area contributed by atoms with E-state index in [0.717, 1.165) is 12.8 Å². The highest BCUT2D eigenvalue weighted by Crippen LogP contribution is 2.30. The summed E-state index contributed by atoms with van der Waals surface area (Å²) >= 11 is 0. The SMILES string of the molecule is CCC(O)(CC)[C@H](N)C(C)(C)C. The molecule has 0 aliphatic heterocycles. The van der Waals surface area contributed by atoms with Crippen LogP contribution >= 0.6 is 0 Å². The summed E-state index contributed by atoms with van der Waals surface area (Å²) < 4.78 is 0. The molecule has 0 saturated heterocycles. The van der Waals surface area contributed by atoms with E-state index < -0.39 is 5.60 Å². The van der Waals surface area contributed by atoms with Crippen LogP contribution in [-0.2, 0) is 0 Å².